The van der Waals surface area contributed by atoms with E-state index in [0.29, 0.717) is 22.7 Å². The summed E-state index contributed by atoms with van der Waals surface area (Å²) in [4.78, 5) is 3.31. The number of rotatable bonds is 2. The fourth-order valence-electron chi connectivity index (χ4n) is 1.58. The summed E-state index contributed by atoms with van der Waals surface area (Å²) >= 11 is 0. The number of nitriles is 1. The average molecular weight is 238 g/mol. The molecule has 0 aliphatic carbocycles. The molecule has 1 aromatic carbocycles. The molecule has 0 saturated carbocycles. The van der Waals surface area contributed by atoms with Gasteiger partial charge in [0, 0.05) is 5.56 Å². The summed E-state index contributed by atoms with van der Waals surface area (Å²) in [6.45, 7) is 10.7. The summed E-state index contributed by atoms with van der Waals surface area (Å²) in [5.74, 6) is 1.09. The van der Waals surface area contributed by atoms with Gasteiger partial charge in [0.25, 0.3) is 0 Å². The highest BCUT2D eigenvalue weighted by Crippen LogP contribution is 2.30. The first-order valence-electron chi connectivity index (χ1n) is 5.26. The largest absolute Gasteiger partial charge is 0.455 e. The van der Waals surface area contributed by atoms with Crippen molar-refractivity contribution < 1.29 is 4.74 Å². The van der Waals surface area contributed by atoms with Gasteiger partial charge in [-0.2, -0.15) is 10.4 Å². The summed E-state index contributed by atoms with van der Waals surface area (Å²) in [5.41, 5.74) is 2.32. The van der Waals surface area contributed by atoms with E-state index in [-0.39, 0.29) is 0 Å². The lowest BCUT2D eigenvalue weighted by molar-refractivity contribution is 0.475. The third-order valence-corrected chi connectivity index (χ3v) is 2.43. The fraction of sp³-hybridized carbons (Fsp3) is 0.154. The average Bonchev–Trinajstić information content (AvgIpc) is 2.70. The number of aryl methyl sites for hydroxylation is 2. The third-order valence-electron chi connectivity index (χ3n) is 2.43. The van der Waals surface area contributed by atoms with Gasteiger partial charge >= 0.3 is 0 Å². The van der Waals surface area contributed by atoms with Gasteiger partial charge in [0.05, 0.1) is 18.3 Å². The van der Waals surface area contributed by atoms with Crippen LogP contribution in [0.25, 0.3) is 4.85 Å². The van der Waals surface area contributed by atoms with Gasteiger partial charge in [0.1, 0.15) is 11.4 Å². The van der Waals surface area contributed by atoms with E-state index in [1.165, 1.54) is 6.07 Å². The highest BCUT2D eigenvalue weighted by molar-refractivity contribution is 5.56. The van der Waals surface area contributed by atoms with E-state index in [0.717, 1.165) is 11.4 Å². The standard InChI is InChI=1S/C13H10N4O/c1-8-13(9(2)17-16-8)18-12-5-10(7-14)4-11(6-12)15-3/h4-6H,1-2H3,(H,16,17). The van der Waals surface area contributed by atoms with Gasteiger partial charge < -0.3 is 4.74 Å². The van der Waals surface area contributed by atoms with E-state index in [9.17, 15) is 0 Å². The van der Waals surface area contributed by atoms with E-state index in [1.807, 2.05) is 19.9 Å². The van der Waals surface area contributed by atoms with Crippen molar-refractivity contribution >= 4 is 5.69 Å². The molecule has 1 N–H and O–H groups in total. The molecule has 0 radical (unpaired) electrons. The zero-order valence-electron chi connectivity index (χ0n) is 9.98. The lowest BCUT2D eigenvalue weighted by atomic mass is 10.2. The normalized spacial score (nSPS) is 9.56. The van der Waals surface area contributed by atoms with Crippen molar-refractivity contribution in [3.05, 3.63) is 46.6 Å². The number of nitrogens with zero attached hydrogens (tertiary/aromatic N) is 3. The quantitative estimate of drug-likeness (QED) is 0.816. The minimum atomic E-state index is 0.378. The number of aromatic nitrogens is 2. The van der Waals surface area contributed by atoms with Crippen LogP contribution in [-0.2, 0) is 0 Å². The Balaban J connectivity index is 2.41. The van der Waals surface area contributed by atoms with Crippen LogP contribution in [0.1, 0.15) is 17.0 Å². The summed E-state index contributed by atoms with van der Waals surface area (Å²) in [6.07, 6.45) is 0. The van der Waals surface area contributed by atoms with Gasteiger partial charge in [-0.25, -0.2) is 4.85 Å². The van der Waals surface area contributed by atoms with Crippen molar-refractivity contribution in [2.75, 3.05) is 0 Å². The molecule has 88 valence electrons. The second-order valence-corrected chi connectivity index (χ2v) is 3.80. The van der Waals surface area contributed by atoms with E-state index < -0.39 is 0 Å². The van der Waals surface area contributed by atoms with Gasteiger partial charge in [0.15, 0.2) is 11.4 Å². The topological polar surface area (TPSA) is 66.1 Å². The van der Waals surface area contributed by atoms with E-state index in [4.69, 9.17) is 16.6 Å². The lowest BCUT2D eigenvalue weighted by Crippen LogP contribution is -1.88. The molecular weight excluding hydrogens is 228 g/mol. The maximum absolute atomic E-state index is 8.89. The number of nitrogens with one attached hydrogen (secondary N) is 1. The van der Waals surface area contributed by atoms with Gasteiger partial charge in [-0.3, -0.25) is 5.10 Å². The van der Waals surface area contributed by atoms with Crippen LogP contribution in [0.5, 0.6) is 11.5 Å². The summed E-state index contributed by atoms with van der Waals surface area (Å²) < 4.78 is 5.68. The number of aromatic amines is 1. The first-order chi connectivity index (χ1) is 8.63. The molecule has 1 aromatic heterocycles. The molecule has 5 nitrogen and oxygen atoms in total. The minimum absolute atomic E-state index is 0.378. The zero-order chi connectivity index (χ0) is 13.1. The number of hydrogen-bond donors (Lipinski definition) is 1. The summed E-state index contributed by atoms with van der Waals surface area (Å²) in [5, 5.41) is 15.7. The van der Waals surface area contributed by atoms with Crippen LogP contribution < -0.4 is 4.74 Å². The molecular formula is C13H10N4O. The predicted molar refractivity (Wildman–Crippen MR) is 65.6 cm³/mol. The molecule has 0 bridgehead atoms. The first kappa shape index (κ1) is 11.7. The highest BCUT2D eigenvalue weighted by atomic mass is 16.5. The van der Waals surface area contributed by atoms with Gasteiger partial charge in [-0.1, -0.05) is 0 Å². The molecule has 0 unspecified atom stereocenters. The third kappa shape index (κ3) is 2.16. The Labute approximate surface area is 104 Å². The van der Waals surface area contributed by atoms with Crippen molar-refractivity contribution in [1.82, 2.24) is 10.2 Å². The number of hydrogen-bond acceptors (Lipinski definition) is 3. The van der Waals surface area contributed by atoms with Crippen LogP contribution in [0.15, 0.2) is 18.2 Å². The molecule has 0 aliphatic heterocycles. The number of benzene rings is 1. The van der Waals surface area contributed by atoms with Crippen molar-refractivity contribution in [1.29, 1.82) is 5.26 Å². The Morgan fingerprint density at radius 2 is 2.17 bits per heavy atom. The van der Waals surface area contributed by atoms with E-state index in [1.54, 1.807) is 12.1 Å². The molecule has 5 heteroatoms. The van der Waals surface area contributed by atoms with Crippen molar-refractivity contribution in [2.45, 2.75) is 13.8 Å². The molecule has 0 saturated heterocycles. The number of H-pyrrole nitrogens is 1. The zero-order valence-corrected chi connectivity index (χ0v) is 9.98. The molecule has 0 amide bonds. The van der Waals surface area contributed by atoms with Crippen molar-refractivity contribution in [3.63, 3.8) is 0 Å². The fourth-order valence-corrected chi connectivity index (χ4v) is 1.58. The van der Waals surface area contributed by atoms with Gasteiger partial charge in [-0.15, -0.1) is 0 Å². The molecule has 2 aromatic rings. The van der Waals surface area contributed by atoms with Crippen LogP contribution in [0.4, 0.5) is 5.69 Å². The van der Waals surface area contributed by atoms with Crippen LogP contribution >= 0.6 is 0 Å². The van der Waals surface area contributed by atoms with Gasteiger partial charge in [-0.05, 0) is 32.0 Å². The smallest absolute Gasteiger partial charge is 0.192 e. The second-order valence-electron chi connectivity index (χ2n) is 3.80. The Kier molecular flexibility index (Phi) is 2.99. The molecule has 18 heavy (non-hydrogen) atoms. The Bertz CT molecular complexity index is 622. The van der Waals surface area contributed by atoms with Gasteiger partial charge in [0.2, 0.25) is 0 Å². The van der Waals surface area contributed by atoms with E-state index in [2.05, 4.69) is 15.0 Å². The summed E-state index contributed by atoms with van der Waals surface area (Å²) in [6, 6.07) is 6.72. The Morgan fingerprint density at radius 1 is 1.39 bits per heavy atom. The first-order valence-corrected chi connectivity index (χ1v) is 5.26. The van der Waals surface area contributed by atoms with Crippen LogP contribution in [0.2, 0.25) is 0 Å². The Hall–Kier alpha value is -2.79. The maximum Gasteiger partial charge on any atom is 0.192 e. The molecule has 2 rings (SSSR count). The monoisotopic (exact) mass is 238 g/mol. The van der Waals surface area contributed by atoms with Crippen molar-refractivity contribution in [2.24, 2.45) is 0 Å². The Morgan fingerprint density at radius 3 is 2.72 bits per heavy atom. The molecule has 1 heterocycles. The van der Waals surface area contributed by atoms with Crippen LogP contribution in [-0.4, -0.2) is 10.2 Å². The predicted octanol–water partition coefficient (Wildman–Crippen LogP) is 3.24. The molecule has 0 aliphatic rings. The molecule has 0 atom stereocenters. The highest BCUT2D eigenvalue weighted by Gasteiger charge is 2.10. The minimum Gasteiger partial charge on any atom is -0.455 e. The summed E-state index contributed by atoms with van der Waals surface area (Å²) in [7, 11) is 0. The number of ether oxygens (including phenoxy) is 1. The van der Waals surface area contributed by atoms with Crippen LogP contribution in [0, 0.1) is 31.8 Å². The van der Waals surface area contributed by atoms with Crippen LogP contribution in [0.3, 0.4) is 0 Å². The SMILES string of the molecule is [C-]#[N+]c1cc(C#N)cc(Oc2c(C)n[nH]c2C)c1. The lowest BCUT2D eigenvalue weighted by Gasteiger charge is -2.06. The van der Waals surface area contributed by atoms with E-state index >= 15 is 0 Å². The molecule has 0 spiro atoms. The maximum atomic E-state index is 8.89. The second kappa shape index (κ2) is 4.60. The van der Waals surface area contributed by atoms with Crippen molar-refractivity contribution in [3.8, 4) is 17.6 Å². The molecule has 0 fully saturated rings.